The summed E-state index contributed by atoms with van der Waals surface area (Å²) in [6, 6.07) is 25.0. The fourth-order valence-electron chi connectivity index (χ4n) is 4.24. The summed E-state index contributed by atoms with van der Waals surface area (Å²) in [5.74, 6) is 0.953. The molecule has 0 unspecified atom stereocenters. The number of nitrogens with one attached hydrogen (secondary N) is 1. The fraction of sp³-hybridized carbons (Fsp3) is 0.310. The van der Waals surface area contributed by atoms with Crippen LogP contribution >= 0.6 is 0 Å². The highest BCUT2D eigenvalue weighted by molar-refractivity contribution is 7.89. The van der Waals surface area contributed by atoms with Crippen LogP contribution in [0.3, 0.4) is 0 Å². The molecule has 1 aliphatic rings. The van der Waals surface area contributed by atoms with E-state index in [9.17, 15) is 13.2 Å². The first-order chi connectivity index (χ1) is 17.8. The van der Waals surface area contributed by atoms with Crippen molar-refractivity contribution in [1.82, 2.24) is 14.5 Å². The van der Waals surface area contributed by atoms with Gasteiger partial charge in [0.25, 0.3) is 0 Å². The minimum absolute atomic E-state index is 0.0131. The largest absolute Gasteiger partial charge is 0.368 e. The number of sulfonamides is 1. The number of aliphatic imine (C=N–C) groups is 1. The predicted molar refractivity (Wildman–Crippen MR) is 148 cm³/mol. The summed E-state index contributed by atoms with van der Waals surface area (Å²) in [5, 5.41) is 3.27. The van der Waals surface area contributed by atoms with Gasteiger partial charge in [0, 0.05) is 45.7 Å². The number of carbonyl (C=O) groups excluding carboxylic acids is 1. The van der Waals surface area contributed by atoms with E-state index in [1.165, 1.54) is 4.31 Å². The summed E-state index contributed by atoms with van der Waals surface area (Å²) >= 11 is 0. The lowest BCUT2D eigenvalue weighted by atomic mass is 10.1. The fourth-order valence-corrected chi connectivity index (χ4v) is 5.45. The number of rotatable bonds is 11. The van der Waals surface area contributed by atoms with Gasteiger partial charge in [0.2, 0.25) is 15.9 Å². The molecule has 1 heterocycles. The van der Waals surface area contributed by atoms with E-state index in [2.05, 4.69) is 34.6 Å². The second kappa shape index (κ2) is 12.2. The number of nitrogens with zero attached hydrogens (tertiary/aromatic N) is 3. The molecule has 1 N–H and O–H groups in total. The zero-order chi connectivity index (χ0) is 26.3. The van der Waals surface area contributed by atoms with E-state index in [0.29, 0.717) is 19.4 Å². The minimum atomic E-state index is -3.62. The van der Waals surface area contributed by atoms with Gasteiger partial charge in [-0.15, -0.1) is 0 Å². The summed E-state index contributed by atoms with van der Waals surface area (Å²) < 4.78 is 27.3. The Bertz CT molecular complexity index is 1320. The number of carbonyl (C=O) groups is 1. The maximum absolute atomic E-state index is 13.0. The first-order valence-corrected chi connectivity index (χ1v) is 14.0. The molecule has 0 atom stereocenters. The zero-order valence-corrected chi connectivity index (χ0v) is 22.2. The van der Waals surface area contributed by atoms with Crippen molar-refractivity contribution in [2.75, 3.05) is 40.3 Å². The molecule has 1 aliphatic heterocycles. The second-order valence-corrected chi connectivity index (χ2v) is 11.3. The maximum atomic E-state index is 13.0. The Balaban J connectivity index is 1.22. The van der Waals surface area contributed by atoms with E-state index in [1.807, 2.05) is 42.5 Å². The molecule has 3 aromatic carbocycles. The Morgan fingerprint density at radius 3 is 2.16 bits per heavy atom. The SMILES string of the molecule is CN(CCc1ccc(C2=NCCN2)cc1)C(=O)CCCN(C)S(=O)(=O)c1ccc(-c2ccccc2)cc1. The minimum Gasteiger partial charge on any atom is -0.368 e. The molecule has 8 heteroatoms. The van der Waals surface area contributed by atoms with E-state index in [-0.39, 0.29) is 17.3 Å². The van der Waals surface area contributed by atoms with Crippen LogP contribution in [0.5, 0.6) is 0 Å². The Labute approximate surface area is 219 Å². The van der Waals surface area contributed by atoms with Gasteiger partial charge in [-0.25, -0.2) is 12.7 Å². The normalized spacial score (nSPS) is 13.3. The molecule has 0 aromatic heterocycles. The van der Waals surface area contributed by atoms with Gasteiger partial charge in [-0.05, 0) is 41.7 Å². The molecule has 0 saturated carbocycles. The number of benzene rings is 3. The van der Waals surface area contributed by atoms with Crippen molar-refractivity contribution >= 4 is 21.8 Å². The summed E-state index contributed by atoms with van der Waals surface area (Å²) in [7, 11) is -0.262. The van der Waals surface area contributed by atoms with Crippen molar-refractivity contribution in [3.05, 3.63) is 90.0 Å². The standard InChI is InChI=1S/C29H34N4O3S/c1-32(22-18-23-10-12-26(13-11-23)29-30-19-20-31-29)28(34)9-6-21-33(2)37(35,36)27-16-14-25(15-17-27)24-7-4-3-5-8-24/h3-5,7-8,10-17H,6,9,18-22H2,1-2H3,(H,30,31). The van der Waals surface area contributed by atoms with Crippen molar-refractivity contribution in [2.45, 2.75) is 24.2 Å². The third-order valence-corrected chi connectivity index (χ3v) is 8.47. The van der Waals surface area contributed by atoms with Gasteiger partial charge in [0.1, 0.15) is 5.84 Å². The third-order valence-electron chi connectivity index (χ3n) is 6.60. The van der Waals surface area contributed by atoms with E-state index >= 15 is 0 Å². The van der Waals surface area contributed by atoms with Gasteiger partial charge >= 0.3 is 0 Å². The molecule has 0 spiro atoms. The van der Waals surface area contributed by atoms with Crippen LogP contribution in [0.1, 0.15) is 24.0 Å². The Hall–Kier alpha value is -3.49. The zero-order valence-electron chi connectivity index (χ0n) is 21.4. The number of amidine groups is 1. The maximum Gasteiger partial charge on any atom is 0.242 e. The summed E-state index contributed by atoms with van der Waals surface area (Å²) in [4.78, 5) is 19.0. The van der Waals surface area contributed by atoms with Gasteiger partial charge in [0.05, 0.1) is 11.4 Å². The molecular formula is C29H34N4O3S. The number of hydrogen-bond acceptors (Lipinski definition) is 5. The first-order valence-electron chi connectivity index (χ1n) is 12.6. The predicted octanol–water partition coefficient (Wildman–Crippen LogP) is 3.81. The van der Waals surface area contributed by atoms with Crippen LogP contribution in [0.2, 0.25) is 0 Å². The lowest BCUT2D eigenvalue weighted by Crippen LogP contribution is -2.31. The molecule has 7 nitrogen and oxygen atoms in total. The number of amides is 1. The van der Waals surface area contributed by atoms with Crippen LogP contribution in [-0.4, -0.2) is 69.6 Å². The molecule has 0 bridgehead atoms. The van der Waals surface area contributed by atoms with E-state index in [1.54, 1.807) is 31.1 Å². The number of hydrogen-bond donors (Lipinski definition) is 1. The molecule has 194 valence electrons. The van der Waals surface area contributed by atoms with Crippen molar-refractivity contribution < 1.29 is 13.2 Å². The van der Waals surface area contributed by atoms with Crippen molar-refractivity contribution in [1.29, 1.82) is 0 Å². The number of likely N-dealkylation sites (N-methyl/N-ethyl adjacent to an activating group) is 1. The van der Waals surface area contributed by atoms with Gasteiger partial charge in [-0.1, -0.05) is 66.7 Å². The van der Waals surface area contributed by atoms with Crippen molar-refractivity contribution in [3.63, 3.8) is 0 Å². The first kappa shape index (κ1) is 26.6. The molecule has 0 aliphatic carbocycles. The van der Waals surface area contributed by atoms with Crippen LogP contribution in [0.25, 0.3) is 11.1 Å². The van der Waals surface area contributed by atoms with Gasteiger partial charge < -0.3 is 10.2 Å². The molecule has 4 rings (SSSR count). The quantitative estimate of drug-likeness (QED) is 0.419. The summed E-state index contributed by atoms with van der Waals surface area (Å²) in [6.45, 7) is 2.59. The lowest BCUT2D eigenvalue weighted by molar-refractivity contribution is -0.130. The van der Waals surface area contributed by atoms with E-state index in [4.69, 9.17) is 0 Å². The molecule has 0 saturated heterocycles. The molecule has 0 radical (unpaired) electrons. The summed E-state index contributed by atoms with van der Waals surface area (Å²) in [6.07, 6.45) is 1.52. The average Bonchev–Trinajstić information content (AvgIpc) is 3.47. The van der Waals surface area contributed by atoms with E-state index in [0.717, 1.165) is 47.6 Å². The Kier molecular flexibility index (Phi) is 8.74. The smallest absolute Gasteiger partial charge is 0.242 e. The van der Waals surface area contributed by atoms with Gasteiger partial charge in [-0.2, -0.15) is 0 Å². The Morgan fingerprint density at radius 1 is 0.865 bits per heavy atom. The van der Waals surface area contributed by atoms with Crippen LogP contribution < -0.4 is 5.32 Å². The molecule has 37 heavy (non-hydrogen) atoms. The monoisotopic (exact) mass is 518 g/mol. The Morgan fingerprint density at radius 2 is 1.51 bits per heavy atom. The lowest BCUT2D eigenvalue weighted by Gasteiger charge is -2.20. The van der Waals surface area contributed by atoms with Crippen LogP contribution in [-0.2, 0) is 21.2 Å². The van der Waals surface area contributed by atoms with Gasteiger partial charge in [0.15, 0.2) is 0 Å². The third kappa shape index (κ3) is 6.84. The highest BCUT2D eigenvalue weighted by Gasteiger charge is 2.21. The summed E-state index contributed by atoms with van der Waals surface area (Å²) in [5.41, 5.74) is 4.24. The molecule has 0 fully saturated rings. The second-order valence-electron chi connectivity index (χ2n) is 9.24. The van der Waals surface area contributed by atoms with E-state index < -0.39 is 10.0 Å². The van der Waals surface area contributed by atoms with Crippen LogP contribution in [0, 0.1) is 0 Å². The van der Waals surface area contributed by atoms with Crippen LogP contribution in [0.4, 0.5) is 0 Å². The molecule has 1 amide bonds. The molecular weight excluding hydrogens is 484 g/mol. The van der Waals surface area contributed by atoms with Gasteiger partial charge in [-0.3, -0.25) is 9.79 Å². The molecule has 3 aromatic rings. The van der Waals surface area contributed by atoms with Crippen molar-refractivity contribution in [3.8, 4) is 11.1 Å². The highest BCUT2D eigenvalue weighted by atomic mass is 32.2. The average molecular weight is 519 g/mol. The van der Waals surface area contributed by atoms with Crippen molar-refractivity contribution in [2.24, 2.45) is 4.99 Å². The topological polar surface area (TPSA) is 82.1 Å². The highest BCUT2D eigenvalue weighted by Crippen LogP contribution is 2.22. The van der Waals surface area contributed by atoms with Crippen LogP contribution in [0.15, 0.2) is 88.8 Å².